The van der Waals surface area contributed by atoms with Gasteiger partial charge in [0.1, 0.15) is 24.1 Å². The van der Waals surface area contributed by atoms with Gasteiger partial charge in [-0.2, -0.15) is 5.10 Å². The number of carbonyl (C=O) groups is 2. The molecule has 0 radical (unpaired) electrons. The van der Waals surface area contributed by atoms with Gasteiger partial charge in [-0.3, -0.25) is 19.7 Å². The van der Waals surface area contributed by atoms with E-state index in [1.54, 1.807) is 48.5 Å². The Kier molecular flexibility index (Phi) is 6.54. The second-order valence-corrected chi connectivity index (χ2v) is 6.99. The van der Waals surface area contributed by atoms with E-state index in [0.29, 0.717) is 17.1 Å². The van der Waals surface area contributed by atoms with E-state index in [2.05, 4.69) is 20.7 Å². The van der Waals surface area contributed by atoms with E-state index < -0.39 is 10.8 Å². The molecule has 170 valence electrons. The Morgan fingerprint density at radius 2 is 1.76 bits per heavy atom. The van der Waals surface area contributed by atoms with Crippen molar-refractivity contribution < 1.29 is 19.2 Å². The number of ether oxygens (including phenoxy) is 1. The van der Waals surface area contributed by atoms with Crippen LogP contribution in [0.5, 0.6) is 5.75 Å². The molecule has 0 bridgehead atoms. The number of nitrogens with zero attached hydrogens (tertiary/aromatic N) is 4. The number of hydrogen-bond acceptors (Lipinski definition) is 7. The van der Waals surface area contributed by atoms with Crippen LogP contribution in [-0.4, -0.2) is 38.1 Å². The molecule has 1 aromatic heterocycles. The van der Waals surface area contributed by atoms with Crippen molar-refractivity contribution in [1.82, 2.24) is 14.8 Å². The van der Waals surface area contributed by atoms with Crippen molar-refractivity contribution in [1.29, 1.82) is 0 Å². The van der Waals surface area contributed by atoms with Crippen LogP contribution in [-0.2, 0) is 4.79 Å². The van der Waals surface area contributed by atoms with Crippen LogP contribution < -0.4 is 15.4 Å². The summed E-state index contributed by atoms with van der Waals surface area (Å²) < 4.78 is 6.75. The van der Waals surface area contributed by atoms with E-state index in [1.807, 2.05) is 6.07 Å². The fraction of sp³-hybridized carbons (Fsp3) is 0.0435. The van der Waals surface area contributed by atoms with Gasteiger partial charge >= 0.3 is 0 Å². The number of hydrogen-bond donors (Lipinski definition) is 2. The van der Waals surface area contributed by atoms with E-state index in [0.717, 1.165) is 0 Å². The highest BCUT2D eigenvalue weighted by Gasteiger charge is 2.19. The molecule has 0 unspecified atom stereocenters. The van der Waals surface area contributed by atoms with Crippen LogP contribution in [0.2, 0.25) is 0 Å². The summed E-state index contributed by atoms with van der Waals surface area (Å²) in [7, 11) is 0. The normalized spacial score (nSPS) is 10.4. The van der Waals surface area contributed by atoms with E-state index in [9.17, 15) is 19.7 Å². The summed E-state index contributed by atoms with van der Waals surface area (Å²) in [6, 6.07) is 19.5. The summed E-state index contributed by atoms with van der Waals surface area (Å²) in [5, 5.41) is 20.8. The number of carbonyl (C=O) groups excluding carboxylic acids is 2. The average Bonchev–Trinajstić information content (AvgIpc) is 3.38. The van der Waals surface area contributed by atoms with Crippen LogP contribution in [0.4, 0.5) is 17.1 Å². The summed E-state index contributed by atoms with van der Waals surface area (Å²) in [6.45, 7) is -0.220. The largest absolute Gasteiger partial charge is 0.484 e. The molecular formula is C23H18N6O5. The van der Waals surface area contributed by atoms with E-state index in [4.69, 9.17) is 4.74 Å². The maximum atomic E-state index is 12.7. The third kappa shape index (κ3) is 5.40. The van der Waals surface area contributed by atoms with Gasteiger partial charge in [0.25, 0.3) is 17.5 Å². The van der Waals surface area contributed by atoms with Crippen molar-refractivity contribution in [2.75, 3.05) is 17.2 Å². The zero-order valence-electron chi connectivity index (χ0n) is 17.6. The Bertz CT molecular complexity index is 1320. The van der Waals surface area contributed by atoms with Crippen molar-refractivity contribution in [3.05, 3.63) is 101 Å². The fourth-order valence-corrected chi connectivity index (χ4v) is 3.07. The Hall–Kier alpha value is -5.06. The third-order valence-electron chi connectivity index (χ3n) is 4.62. The van der Waals surface area contributed by atoms with Crippen molar-refractivity contribution in [3.63, 3.8) is 0 Å². The Morgan fingerprint density at radius 1 is 0.971 bits per heavy atom. The molecule has 0 saturated heterocycles. The maximum absolute atomic E-state index is 12.7. The molecule has 11 heteroatoms. The number of nitro benzene ring substituents is 1. The Balaban J connectivity index is 1.41. The standard InChI is InChI=1S/C23H18N6O5/c30-22(26-17-5-2-1-3-6-17)13-34-19-8-4-7-18(12-19)27-23(31)16-9-10-20(21(11-16)29(32)33)28-15-24-14-25-28/h1-12,14-15H,13H2,(H,26,30)(H,27,31). The monoisotopic (exact) mass is 458 g/mol. The Morgan fingerprint density at radius 3 is 2.50 bits per heavy atom. The summed E-state index contributed by atoms with van der Waals surface area (Å²) in [5.74, 6) is -0.513. The van der Waals surface area contributed by atoms with Gasteiger partial charge in [0.05, 0.1) is 4.92 Å². The molecule has 0 aliphatic rings. The molecular weight excluding hydrogens is 440 g/mol. The van der Waals surface area contributed by atoms with Crippen molar-refractivity contribution in [2.45, 2.75) is 0 Å². The van der Waals surface area contributed by atoms with Gasteiger partial charge in [-0.1, -0.05) is 24.3 Å². The van der Waals surface area contributed by atoms with Crippen molar-refractivity contribution in [3.8, 4) is 11.4 Å². The minimum Gasteiger partial charge on any atom is -0.484 e. The summed E-state index contributed by atoms with van der Waals surface area (Å²) in [6.07, 6.45) is 2.58. The maximum Gasteiger partial charge on any atom is 0.295 e. The number of amides is 2. The van der Waals surface area contributed by atoms with Crippen molar-refractivity contribution in [2.24, 2.45) is 0 Å². The SMILES string of the molecule is O=C(COc1cccc(NC(=O)c2ccc(-n3cncn3)c([N+](=O)[O-])c2)c1)Nc1ccccc1. The summed E-state index contributed by atoms with van der Waals surface area (Å²) >= 11 is 0. The number of nitro groups is 1. The Labute approximate surface area is 193 Å². The molecule has 0 aliphatic heterocycles. The predicted octanol–water partition coefficient (Wildman–Crippen LogP) is 3.45. The number of nitrogens with one attached hydrogen (secondary N) is 2. The zero-order chi connectivity index (χ0) is 23.9. The van der Waals surface area contributed by atoms with E-state index >= 15 is 0 Å². The van der Waals surface area contributed by atoms with Gasteiger partial charge in [0.2, 0.25) is 0 Å². The van der Waals surface area contributed by atoms with Gasteiger partial charge in [0, 0.05) is 29.1 Å². The lowest BCUT2D eigenvalue weighted by atomic mass is 10.1. The van der Waals surface area contributed by atoms with Gasteiger partial charge in [-0.25, -0.2) is 9.67 Å². The van der Waals surface area contributed by atoms with E-state index in [-0.39, 0.29) is 29.5 Å². The number of para-hydroxylation sites is 1. The summed E-state index contributed by atoms with van der Waals surface area (Å²) in [5.41, 5.74) is 1.03. The smallest absolute Gasteiger partial charge is 0.295 e. The topological polar surface area (TPSA) is 141 Å². The van der Waals surface area contributed by atoms with Crippen LogP contribution in [0, 0.1) is 10.1 Å². The van der Waals surface area contributed by atoms with Crippen LogP contribution in [0.3, 0.4) is 0 Å². The number of aromatic nitrogens is 3. The molecule has 0 fully saturated rings. The second kappa shape index (κ2) is 10.0. The first-order chi connectivity index (χ1) is 16.5. The van der Waals surface area contributed by atoms with Gasteiger partial charge in [-0.15, -0.1) is 0 Å². The average molecular weight is 458 g/mol. The molecule has 1 heterocycles. The number of anilines is 2. The zero-order valence-corrected chi connectivity index (χ0v) is 17.6. The first-order valence-corrected chi connectivity index (χ1v) is 10.0. The molecule has 0 saturated carbocycles. The third-order valence-corrected chi connectivity index (χ3v) is 4.62. The molecule has 2 N–H and O–H groups in total. The molecule has 4 aromatic rings. The summed E-state index contributed by atoms with van der Waals surface area (Å²) in [4.78, 5) is 39.4. The van der Waals surface area contributed by atoms with Gasteiger partial charge < -0.3 is 15.4 Å². The quantitative estimate of drug-likeness (QED) is 0.304. The molecule has 0 aliphatic carbocycles. The fourth-order valence-electron chi connectivity index (χ4n) is 3.07. The minimum atomic E-state index is -0.594. The molecule has 2 amide bonds. The molecule has 34 heavy (non-hydrogen) atoms. The predicted molar refractivity (Wildman–Crippen MR) is 123 cm³/mol. The lowest BCUT2D eigenvalue weighted by Gasteiger charge is -2.10. The lowest BCUT2D eigenvalue weighted by Crippen LogP contribution is -2.20. The number of benzene rings is 3. The number of rotatable bonds is 8. The second-order valence-electron chi connectivity index (χ2n) is 6.99. The van der Waals surface area contributed by atoms with Crippen LogP contribution in [0.15, 0.2) is 85.5 Å². The highest BCUT2D eigenvalue weighted by Crippen LogP contribution is 2.25. The molecule has 0 spiro atoms. The minimum absolute atomic E-state index is 0.0872. The van der Waals surface area contributed by atoms with E-state index in [1.165, 1.54) is 35.5 Å². The van der Waals surface area contributed by atoms with Crippen molar-refractivity contribution >= 4 is 28.9 Å². The van der Waals surface area contributed by atoms with Gasteiger partial charge in [0.15, 0.2) is 6.61 Å². The molecule has 11 nitrogen and oxygen atoms in total. The van der Waals surface area contributed by atoms with Crippen LogP contribution >= 0.6 is 0 Å². The van der Waals surface area contributed by atoms with Crippen LogP contribution in [0.1, 0.15) is 10.4 Å². The molecule has 0 atom stereocenters. The highest BCUT2D eigenvalue weighted by molar-refractivity contribution is 6.05. The highest BCUT2D eigenvalue weighted by atomic mass is 16.6. The lowest BCUT2D eigenvalue weighted by molar-refractivity contribution is -0.384. The first kappa shape index (κ1) is 22.1. The van der Waals surface area contributed by atoms with Crippen LogP contribution in [0.25, 0.3) is 5.69 Å². The molecule has 3 aromatic carbocycles. The van der Waals surface area contributed by atoms with Gasteiger partial charge in [-0.05, 0) is 36.4 Å². The first-order valence-electron chi connectivity index (χ1n) is 10.0. The molecule has 4 rings (SSSR count).